The number of H-pyrrole nitrogens is 1. The fourth-order valence-corrected chi connectivity index (χ4v) is 3.88. The van der Waals surface area contributed by atoms with Gasteiger partial charge >= 0.3 is 5.97 Å². The van der Waals surface area contributed by atoms with E-state index in [1.807, 2.05) is 13.8 Å². The number of carbonyl (C=O) groups excluding carboxylic acids is 1. The number of carbonyl (C=O) groups is 1. The molecule has 2 aromatic heterocycles. The molecule has 5 nitrogen and oxygen atoms in total. The number of thiophene rings is 1. The van der Waals surface area contributed by atoms with Gasteiger partial charge in [-0.3, -0.25) is 9.59 Å². The van der Waals surface area contributed by atoms with Crippen LogP contribution >= 0.6 is 11.3 Å². The van der Waals surface area contributed by atoms with Gasteiger partial charge in [-0.1, -0.05) is 12.2 Å². The molecule has 0 spiro atoms. The van der Waals surface area contributed by atoms with Gasteiger partial charge in [-0.05, 0) is 45.1 Å². The molecule has 2 heterocycles. The predicted octanol–water partition coefficient (Wildman–Crippen LogP) is 3.56. The van der Waals surface area contributed by atoms with Crippen LogP contribution < -0.4 is 5.56 Å². The molecule has 23 heavy (non-hydrogen) atoms. The summed E-state index contributed by atoms with van der Waals surface area (Å²) in [6.07, 6.45) is 6.00. The van der Waals surface area contributed by atoms with E-state index in [2.05, 4.69) is 22.1 Å². The Hall–Kier alpha value is -1.95. The van der Waals surface area contributed by atoms with Crippen molar-refractivity contribution in [3.63, 3.8) is 0 Å². The third-order valence-electron chi connectivity index (χ3n) is 4.29. The lowest BCUT2D eigenvalue weighted by Gasteiger charge is -2.14. The summed E-state index contributed by atoms with van der Waals surface area (Å²) in [5.41, 5.74) is 0.788. The highest BCUT2D eigenvalue weighted by Crippen LogP contribution is 2.27. The molecule has 0 aromatic carbocycles. The highest BCUT2D eigenvalue weighted by atomic mass is 32.1. The second-order valence-corrected chi connectivity index (χ2v) is 7.22. The number of hydrogen-bond donors (Lipinski definition) is 1. The van der Waals surface area contributed by atoms with E-state index in [0.717, 1.165) is 23.3 Å². The second-order valence-electron chi connectivity index (χ2n) is 6.02. The minimum Gasteiger partial charge on any atom is -0.454 e. The number of aromatic amines is 1. The average molecular weight is 332 g/mol. The Kier molecular flexibility index (Phi) is 4.35. The molecule has 0 unspecified atom stereocenters. The first-order chi connectivity index (χ1) is 11.0. The number of hydrogen-bond acceptors (Lipinski definition) is 5. The molecule has 1 N–H and O–H groups in total. The van der Waals surface area contributed by atoms with Crippen LogP contribution in [0, 0.1) is 19.8 Å². The van der Waals surface area contributed by atoms with Crippen molar-refractivity contribution in [3.05, 3.63) is 38.8 Å². The summed E-state index contributed by atoms with van der Waals surface area (Å²) in [6.45, 7) is 5.63. The van der Waals surface area contributed by atoms with Crippen LogP contribution in [0.5, 0.6) is 0 Å². The van der Waals surface area contributed by atoms with Gasteiger partial charge in [-0.2, -0.15) is 0 Å². The zero-order valence-electron chi connectivity index (χ0n) is 13.5. The summed E-state index contributed by atoms with van der Waals surface area (Å²) in [7, 11) is 0. The number of nitrogens with zero attached hydrogens (tertiary/aromatic N) is 1. The molecule has 0 saturated heterocycles. The molecule has 0 fully saturated rings. The lowest BCUT2D eigenvalue weighted by Crippen LogP contribution is -2.18. The van der Waals surface area contributed by atoms with E-state index in [4.69, 9.17) is 4.74 Å². The molecule has 2 atom stereocenters. The van der Waals surface area contributed by atoms with E-state index in [0.29, 0.717) is 22.5 Å². The third kappa shape index (κ3) is 3.22. The summed E-state index contributed by atoms with van der Waals surface area (Å²) in [6, 6.07) is 0. The van der Waals surface area contributed by atoms with Crippen LogP contribution in [-0.2, 0) is 9.53 Å². The van der Waals surface area contributed by atoms with Gasteiger partial charge in [-0.25, -0.2) is 4.98 Å². The number of aryl methyl sites for hydroxylation is 2. The molecule has 1 aliphatic carbocycles. The number of rotatable bonds is 4. The fraction of sp³-hybridized carbons (Fsp3) is 0.471. The molecule has 0 amide bonds. The van der Waals surface area contributed by atoms with Gasteiger partial charge in [0.2, 0.25) is 0 Å². The van der Waals surface area contributed by atoms with Crippen molar-refractivity contribution in [2.75, 3.05) is 0 Å². The summed E-state index contributed by atoms with van der Waals surface area (Å²) in [5.74, 6) is 0.418. The second kappa shape index (κ2) is 6.28. The summed E-state index contributed by atoms with van der Waals surface area (Å²) in [5, 5.41) is 0.630. The van der Waals surface area contributed by atoms with E-state index in [9.17, 15) is 9.59 Å². The lowest BCUT2D eigenvalue weighted by molar-refractivity contribution is -0.149. The Balaban J connectivity index is 1.78. The van der Waals surface area contributed by atoms with Gasteiger partial charge in [-0.15, -0.1) is 11.3 Å². The van der Waals surface area contributed by atoms with Crippen molar-refractivity contribution in [2.45, 2.75) is 46.1 Å². The van der Waals surface area contributed by atoms with E-state index in [1.165, 1.54) is 11.3 Å². The molecule has 2 aromatic rings. The van der Waals surface area contributed by atoms with Gasteiger partial charge in [0, 0.05) is 4.88 Å². The Labute approximate surface area is 138 Å². The Bertz CT molecular complexity index is 834. The van der Waals surface area contributed by atoms with Crippen molar-refractivity contribution >= 4 is 27.5 Å². The van der Waals surface area contributed by atoms with Gasteiger partial charge < -0.3 is 9.72 Å². The van der Waals surface area contributed by atoms with Crippen molar-refractivity contribution in [1.29, 1.82) is 0 Å². The van der Waals surface area contributed by atoms with Crippen LogP contribution in [0.4, 0.5) is 0 Å². The Morgan fingerprint density at radius 1 is 1.52 bits per heavy atom. The quantitative estimate of drug-likeness (QED) is 0.686. The van der Waals surface area contributed by atoms with Crippen molar-refractivity contribution in [2.24, 2.45) is 5.92 Å². The number of fused-ring (bicyclic) bond motifs is 1. The number of nitrogens with one attached hydrogen (secondary N) is 1. The molecule has 0 saturated carbocycles. The maximum absolute atomic E-state index is 12.3. The first-order valence-corrected chi connectivity index (χ1v) is 8.63. The van der Waals surface area contributed by atoms with Crippen molar-refractivity contribution in [1.82, 2.24) is 9.97 Å². The average Bonchev–Trinajstić information content (AvgIpc) is 3.07. The van der Waals surface area contributed by atoms with Gasteiger partial charge in [0.25, 0.3) is 5.56 Å². The minimum absolute atomic E-state index is 0.173. The van der Waals surface area contributed by atoms with Crippen LogP contribution in [0.3, 0.4) is 0 Å². The number of allylic oxidation sites excluding steroid dienone is 2. The predicted molar refractivity (Wildman–Crippen MR) is 90.7 cm³/mol. The molecule has 6 heteroatoms. The topological polar surface area (TPSA) is 72.0 Å². The van der Waals surface area contributed by atoms with Crippen LogP contribution in [0.25, 0.3) is 10.2 Å². The molecule has 0 bridgehead atoms. The Morgan fingerprint density at radius 2 is 2.30 bits per heavy atom. The largest absolute Gasteiger partial charge is 0.454 e. The zero-order chi connectivity index (χ0) is 16.6. The standard InChI is InChI=1S/C17H20N2O3S/c1-9-11(3)23-17-14(9)16(21)18-15(19-17)10(2)22-13(20)8-12-6-4-5-7-12/h4,6,10,12H,5,7-8H2,1-3H3,(H,18,19,21)/t10-,12+/m1/s1. The van der Waals surface area contributed by atoms with Crippen LogP contribution in [0.2, 0.25) is 0 Å². The van der Waals surface area contributed by atoms with E-state index >= 15 is 0 Å². The van der Waals surface area contributed by atoms with E-state index in [1.54, 1.807) is 6.92 Å². The smallest absolute Gasteiger partial charge is 0.307 e. The van der Waals surface area contributed by atoms with E-state index in [-0.39, 0.29) is 17.4 Å². The van der Waals surface area contributed by atoms with Gasteiger partial charge in [0.05, 0.1) is 11.8 Å². The zero-order valence-corrected chi connectivity index (χ0v) is 14.3. The molecular formula is C17H20N2O3S. The third-order valence-corrected chi connectivity index (χ3v) is 5.39. The first kappa shape index (κ1) is 15.9. The van der Waals surface area contributed by atoms with Crippen LogP contribution in [0.1, 0.15) is 48.6 Å². The molecule has 0 radical (unpaired) electrons. The number of ether oxygens (including phenoxy) is 1. The van der Waals surface area contributed by atoms with Crippen LogP contribution in [0.15, 0.2) is 16.9 Å². The molecule has 122 valence electrons. The molecule has 1 aliphatic rings. The normalized spacial score (nSPS) is 18.5. The number of esters is 1. The van der Waals surface area contributed by atoms with Gasteiger partial charge in [0.15, 0.2) is 11.9 Å². The van der Waals surface area contributed by atoms with Gasteiger partial charge in [0.1, 0.15) is 4.83 Å². The fourth-order valence-electron chi connectivity index (χ4n) is 2.84. The summed E-state index contributed by atoms with van der Waals surface area (Å²) in [4.78, 5) is 33.3. The molecule has 0 aliphatic heterocycles. The monoisotopic (exact) mass is 332 g/mol. The molecular weight excluding hydrogens is 312 g/mol. The summed E-state index contributed by atoms with van der Waals surface area (Å²) >= 11 is 1.49. The van der Waals surface area contributed by atoms with Crippen molar-refractivity contribution in [3.8, 4) is 0 Å². The van der Waals surface area contributed by atoms with Crippen molar-refractivity contribution < 1.29 is 9.53 Å². The molecule has 3 rings (SSSR count). The SMILES string of the molecule is Cc1sc2nc([C@@H](C)OC(=O)C[C@H]3C=CCC3)[nH]c(=O)c2c1C. The Morgan fingerprint density at radius 3 is 3.00 bits per heavy atom. The van der Waals surface area contributed by atoms with E-state index < -0.39 is 6.10 Å². The lowest BCUT2D eigenvalue weighted by atomic mass is 10.1. The first-order valence-electron chi connectivity index (χ1n) is 7.81. The summed E-state index contributed by atoms with van der Waals surface area (Å²) < 4.78 is 5.44. The minimum atomic E-state index is -0.562. The maximum Gasteiger partial charge on any atom is 0.307 e. The van der Waals surface area contributed by atoms with Crippen LogP contribution in [-0.4, -0.2) is 15.9 Å². The highest BCUT2D eigenvalue weighted by Gasteiger charge is 2.20. The highest BCUT2D eigenvalue weighted by molar-refractivity contribution is 7.18. The maximum atomic E-state index is 12.3. The number of aromatic nitrogens is 2.